The number of anilines is 1. The van der Waals surface area contributed by atoms with E-state index >= 15 is 0 Å². The molecule has 1 fully saturated rings. The van der Waals surface area contributed by atoms with Gasteiger partial charge in [-0.05, 0) is 5.57 Å². The predicted octanol–water partition coefficient (Wildman–Crippen LogP) is -0.181. The number of hydrogen-bond donors (Lipinski definition) is 3. The summed E-state index contributed by atoms with van der Waals surface area (Å²) >= 11 is 2.08. The molecule has 2 atom stereocenters. The van der Waals surface area contributed by atoms with Gasteiger partial charge in [-0.3, -0.25) is 24.1 Å². The maximum atomic E-state index is 12.4. The molecule has 2 aliphatic rings. The summed E-state index contributed by atoms with van der Waals surface area (Å²) in [4.78, 5) is 63.4. The number of aromatic nitrogens is 1. The number of fused-ring (bicyclic) bond motifs is 1. The number of aliphatic carboxylic acids is 1. The highest BCUT2D eigenvalue weighted by Gasteiger charge is 2.54. The van der Waals surface area contributed by atoms with E-state index in [-0.39, 0.29) is 15.7 Å². The van der Waals surface area contributed by atoms with E-state index < -0.39 is 35.0 Å². The number of thiazole rings is 1. The van der Waals surface area contributed by atoms with Crippen LogP contribution in [0.2, 0.25) is 0 Å². The first-order valence-corrected chi connectivity index (χ1v) is 9.30. The first-order valence-electron chi connectivity index (χ1n) is 7.43. The van der Waals surface area contributed by atoms with Gasteiger partial charge in [0.25, 0.3) is 17.6 Å². The lowest BCUT2D eigenvalue weighted by Gasteiger charge is -2.49. The second-order valence-corrected chi connectivity index (χ2v) is 7.50. The Hall–Kier alpha value is -2.99. The van der Waals surface area contributed by atoms with Gasteiger partial charge in [-0.15, -0.1) is 11.8 Å². The van der Waals surface area contributed by atoms with Crippen LogP contribution in [0.4, 0.5) is 5.13 Å². The van der Waals surface area contributed by atoms with E-state index in [1.807, 2.05) is 0 Å². The minimum Gasteiger partial charge on any atom is -0.477 e. The maximum Gasteiger partial charge on any atom is 0.352 e. The normalized spacial score (nSPS) is 21.0. The van der Waals surface area contributed by atoms with E-state index in [0.717, 1.165) is 22.4 Å². The summed E-state index contributed by atoms with van der Waals surface area (Å²) in [6.45, 7) is 3.55. The van der Waals surface area contributed by atoms with Crippen molar-refractivity contribution in [3.8, 4) is 0 Å². The van der Waals surface area contributed by atoms with E-state index in [1.165, 1.54) is 17.8 Å². The number of nitrogens with one attached hydrogen (secondary N) is 2. The van der Waals surface area contributed by atoms with Crippen molar-refractivity contribution < 1.29 is 29.1 Å². The van der Waals surface area contributed by atoms with Crippen LogP contribution in [0.15, 0.2) is 30.1 Å². The second kappa shape index (κ2) is 7.32. The highest BCUT2D eigenvalue weighted by molar-refractivity contribution is 8.00. The van der Waals surface area contributed by atoms with Crippen LogP contribution in [-0.2, 0) is 19.2 Å². The molecule has 140 valence electrons. The van der Waals surface area contributed by atoms with Crippen molar-refractivity contribution in [2.24, 2.45) is 0 Å². The summed E-state index contributed by atoms with van der Waals surface area (Å²) in [7, 11) is 0. The molecule has 10 nitrogen and oxygen atoms in total. The molecule has 27 heavy (non-hydrogen) atoms. The molecule has 2 aliphatic heterocycles. The van der Waals surface area contributed by atoms with Crippen LogP contribution in [0.3, 0.4) is 0 Å². The molecule has 1 saturated heterocycles. The molecule has 1 aromatic heterocycles. The molecule has 0 aliphatic carbocycles. The summed E-state index contributed by atoms with van der Waals surface area (Å²) in [5.41, 5.74) is 0.250. The number of carboxylic acids is 1. The van der Waals surface area contributed by atoms with Crippen LogP contribution < -0.4 is 10.6 Å². The van der Waals surface area contributed by atoms with Crippen molar-refractivity contribution >= 4 is 58.2 Å². The third kappa shape index (κ3) is 3.24. The summed E-state index contributed by atoms with van der Waals surface area (Å²) in [5.74, 6) is -3.47. The van der Waals surface area contributed by atoms with Crippen LogP contribution in [0.25, 0.3) is 0 Å². The minimum atomic E-state index is -1.26. The Morgan fingerprint density at radius 3 is 2.78 bits per heavy atom. The molecular weight excluding hydrogens is 396 g/mol. The fourth-order valence-electron chi connectivity index (χ4n) is 2.61. The fraction of sp³-hybridized carbons (Fsp3) is 0.200. The summed E-state index contributed by atoms with van der Waals surface area (Å²) in [6, 6.07) is -1.01. The van der Waals surface area contributed by atoms with Crippen LogP contribution in [-0.4, -0.2) is 62.1 Å². The smallest absolute Gasteiger partial charge is 0.352 e. The lowest BCUT2D eigenvalue weighted by atomic mass is 10.0. The third-order valence-electron chi connectivity index (χ3n) is 3.85. The summed E-state index contributed by atoms with van der Waals surface area (Å²) in [5, 5.41) is 13.5. The molecule has 0 bridgehead atoms. The van der Waals surface area contributed by atoms with Gasteiger partial charge in [0.2, 0.25) is 6.41 Å². The molecule has 0 radical (unpaired) electrons. The van der Waals surface area contributed by atoms with Crippen LogP contribution in [0.5, 0.6) is 0 Å². The van der Waals surface area contributed by atoms with E-state index in [0.29, 0.717) is 17.7 Å². The monoisotopic (exact) mass is 408 g/mol. The van der Waals surface area contributed by atoms with Gasteiger partial charge in [-0.2, -0.15) is 0 Å². The highest BCUT2D eigenvalue weighted by Crippen LogP contribution is 2.40. The van der Waals surface area contributed by atoms with E-state index in [1.54, 1.807) is 0 Å². The number of Topliss-reactive ketones (excluding diaryl/α,β-unsaturated/α-hetero) is 1. The molecule has 3 amide bonds. The second-order valence-electron chi connectivity index (χ2n) is 5.37. The van der Waals surface area contributed by atoms with Crippen LogP contribution in [0, 0.1) is 0 Å². The quantitative estimate of drug-likeness (QED) is 0.244. The van der Waals surface area contributed by atoms with Gasteiger partial charge in [0.15, 0.2) is 5.13 Å². The van der Waals surface area contributed by atoms with Crippen molar-refractivity contribution in [1.29, 1.82) is 0 Å². The fourth-order valence-corrected chi connectivity index (χ4v) is 4.67. The zero-order valence-electron chi connectivity index (χ0n) is 13.5. The van der Waals surface area contributed by atoms with Crippen molar-refractivity contribution in [2.45, 2.75) is 11.4 Å². The number of β-lactam (4-membered cyclic amide) rings is 1. The molecule has 3 heterocycles. The zero-order valence-corrected chi connectivity index (χ0v) is 15.1. The highest BCUT2D eigenvalue weighted by atomic mass is 32.2. The predicted molar refractivity (Wildman–Crippen MR) is 96.0 cm³/mol. The van der Waals surface area contributed by atoms with Crippen molar-refractivity contribution in [3.05, 3.63) is 35.0 Å². The molecule has 1 aromatic rings. The minimum absolute atomic E-state index is 0.00293. The van der Waals surface area contributed by atoms with E-state index in [9.17, 15) is 29.1 Å². The van der Waals surface area contributed by atoms with Gasteiger partial charge in [-0.1, -0.05) is 24.0 Å². The Kier molecular flexibility index (Phi) is 5.10. The van der Waals surface area contributed by atoms with Crippen LogP contribution >= 0.6 is 23.1 Å². The molecule has 0 spiro atoms. The van der Waals surface area contributed by atoms with Gasteiger partial charge in [-0.25, -0.2) is 9.78 Å². The summed E-state index contributed by atoms with van der Waals surface area (Å²) < 4.78 is 0. The molecule has 0 saturated carbocycles. The Bertz CT molecular complexity index is 908. The van der Waals surface area contributed by atoms with Crippen molar-refractivity contribution in [2.75, 3.05) is 11.1 Å². The number of amides is 3. The van der Waals surface area contributed by atoms with Gasteiger partial charge in [0.1, 0.15) is 22.0 Å². The molecule has 3 rings (SSSR count). The number of carboxylic acid groups (broad SMARTS) is 1. The standard InChI is InChI=1S/C15H12N4O6S2/c1-2-6-4-26-13-8(12(23)19(13)9(6)14(24)25)18-11(22)10(21)7-3-16-15(27-7)17-5-20/h2-3,5,8,13H,1,4H2,(H,18,22)(H,24,25)(H,16,17,20)/t8?,13-/m1/s1. The zero-order chi connectivity index (χ0) is 19.7. The van der Waals surface area contributed by atoms with Gasteiger partial charge < -0.3 is 15.7 Å². The first-order chi connectivity index (χ1) is 12.9. The van der Waals surface area contributed by atoms with Crippen molar-refractivity contribution in [3.63, 3.8) is 0 Å². The topological polar surface area (TPSA) is 146 Å². The molecule has 1 unspecified atom stereocenters. The number of hydrogen-bond acceptors (Lipinski definition) is 8. The number of thioether (sulfide) groups is 1. The number of carbonyl (C=O) groups is 5. The lowest BCUT2D eigenvalue weighted by Crippen LogP contribution is -2.71. The number of allylic oxidation sites excluding steroid dienone is 1. The third-order valence-corrected chi connectivity index (χ3v) is 6.08. The van der Waals surface area contributed by atoms with Crippen LogP contribution in [0.1, 0.15) is 9.67 Å². The molecular formula is C15H12N4O6S2. The largest absolute Gasteiger partial charge is 0.477 e. The van der Waals surface area contributed by atoms with Gasteiger partial charge >= 0.3 is 5.97 Å². The number of nitrogens with zero attached hydrogens (tertiary/aromatic N) is 2. The average Bonchev–Trinajstić information content (AvgIpc) is 3.12. The van der Waals surface area contributed by atoms with Gasteiger partial charge in [0.05, 0.1) is 6.20 Å². The van der Waals surface area contributed by atoms with Crippen molar-refractivity contribution in [1.82, 2.24) is 15.2 Å². The maximum absolute atomic E-state index is 12.4. The Labute approximate surface area is 160 Å². The average molecular weight is 408 g/mol. The Balaban J connectivity index is 1.71. The number of carbonyl (C=O) groups excluding carboxylic acids is 4. The SMILES string of the molecule is C=CC1=C(C(=O)O)N2C(=O)C(NC(=O)C(=O)c3cnc(NC=O)s3)[C@H]2SC1. The first kappa shape index (κ1) is 18.8. The van der Waals surface area contributed by atoms with Gasteiger partial charge in [0, 0.05) is 5.75 Å². The molecule has 0 aromatic carbocycles. The Morgan fingerprint density at radius 1 is 1.41 bits per heavy atom. The number of rotatable bonds is 7. The summed E-state index contributed by atoms with van der Waals surface area (Å²) in [6.07, 6.45) is 2.91. The molecule has 3 N–H and O–H groups in total. The van der Waals surface area contributed by atoms with E-state index in [4.69, 9.17) is 0 Å². The number of ketones is 1. The van der Waals surface area contributed by atoms with E-state index in [2.05, 4.69) is 22.2 Å². The lowest BCUT2D eigenvalue weighted by molar-refractivity contribution is -0.150. The Morgan fingerprint density at radius 2 is 2.15 bits per heavy atom. The molecule has 12 heteroatoms.